The number of hydrogen-bond acceptors (Lipinski definition) is 4. The van der Waals surface area contributed by atoms with Crippen LogP contribution in [0.25, 0.3) is 10.9 Å². The molecule has 0 unspecified atom stereocenters. The summed E-state index contributed by atoms with van der Waals surface area (Å²) in [4.78, 5) is 7.69. The Balaban J connectivity index is 0.00000363. The number of guanidine groups is 1. The molecule has 1 aromatic heterocycles. The fraction of sp³-hybridized carbons (Fsp3) is 0.375. The van der Waals surface area contributed by atoms with Gasteiger partial charge in [-0.1, -0.05) is 12.1 Å². The van der Waals surface area contributed by atoms with E-state index in [0.717, 1.165) is 42.4 Å². The van der Waals surface area contributed by atoms with E-state index in [-0.39, 0.29) is 24.0 Å². The molecule has 0 atom stereocenters. The summed E-state index contributed by atoms with van der Waals surface area (Å²) in [5, 5.41) is 8.02. The number of ether oxygens (including phenoxy) is 3. The average Bonchev–Trinajstić information content (AvgIpc) is 3.19. The van der Waals surface area contributed by atoms with E-state index in [1.807, 2.05) is 12.1 Å². The van der Waals surface area contributed by atoms with Crippen LogP contribution < -0.4 is 24.8 Å². The van der Waals surface area contributed by atoms with Gasteiger partial charge in [0.05, 0.1) is 21.3 Å². The minimum Gasteiger partial charge on any atom is -0.496 e. The number of rotatable bonds is 9. The van der Waals surface area contributed by atoms with Crippen LogP contribution >= 0.6 is 24.0 Å². The van der Waals surface area contributed by atoms with Crippen molar-refractivity contribution in [1.82, 2.24) is 15.6 Å². The Morgan fingerprint density at radius 3 is 2.19 bits per heavy atom. The number of benzene rings is 2. The van der Waals surface area contributed by atoms with Crippen LogP contribution in [0.15, 0.2) is 41.5 Å². The van der Waals surface area contributed by atoms with E-state index < -0.39 is 0 Å². The van der Waals surface area contributed by atoms with Crippen LogP contribution in [0.3, 0.4) is 0 Å². The smallest absolute Gasteiger partial charge is 0.190 e. The van der Waals surface area contributed by atoms with Gasteiger partial charge in [-0.05, 0) is 37.0 Å². The van der Waals surface area contributed by atoms with Gasteiger partial charge in [0.1, 0.15) is 17.2 Å². The lowest BCUT2D eigenvalue weighted by atomic mass is 10.1. The second-order valence-electron chi connectivity index (χ2n) is 7.30. The number of aromatic nitrogens is 1. The van der Waals surface area contributed by atoms with Crippen molar-refractivity contribution in [2.45, 2.75) is 19.8 Å². The molecular formula is C24H33IN4O3. The van der Waals surface area contributed by atoms with Gasteiger partial charge < -0.3 is 29.8 Å². The molecule has 0 saturated heterocycles. The fourth-order valence-corrected chi connectivity index (χ4v) is 3.67. The van der Waals surface area contributed by atoms with Crippen molar-refractivity contribution in [2.75, 3.05) is 41.5 Å². The number of H-pyrrole nitrogens is 1. The highest BCUT2D eigenvalue weighted by Crippen LogP contribution is 2.34. The molecule has 0 aliphatic heterocycles. The molecule has 174 valence electrons. The van der Waals surface area contributed by atoms with Crippen LogP contribution in [0.2, 0.25) is 0 Å². The number of nitrogens with zero attached hydrogens (tertiary/aromatic N) is 1. The van der Waals surface area contributed by atoms with E-state index in [1.54, 1.807) is 28.4 Å². The van der Waals surface area contributed by atoms with Crippen LogP contribution in [0, 0.1) is 6.92 Å². The number of aliphatic imine (C=N–C) groups is 1. The molecule has 0 saturated carbocycles. The van der Waals surface area contributed by atoms with Crippen LogP contribution in [-0.2, 0) is 12.8 Å². The van der Waals surface area contributed by atoms with Crippen molar-refractivity contribution in [3.63, 3.8) is 0 Å². The molecule has 32 heavy (non-hydrogen) atoms. The van der Waals surface area contributed by atoms with Gasteiger partial charge in [-0.3, -0.25) is 4.99 Å². The van der Waals surface area contributed by atoms with Gasteiger partial charge in [0.2, 0.25) is 0 Å². The third kappa shape index (κ3) is 6.21. The number of aromatic amines is 1. The van der Waals surface area contributed by atoms with Gasteiger partial charge in [-0.25, -0.2) is 0 Å². The SMILES string of the molecule is CN=C(NCCc1c(OC)cc(OC)cc1OC)NCCc1c[nH]c2cc(C)ccc12.I. The molecule has 0 amide bonds. The molecule has 0 aliphatic rings. The normalized spacial score (nSPS) is 11.1. The van der Waals surface area contributed by atoms with Gasteiger partial charge in [0.25, 0.3) is 0 Å². The molecule has 3 aromatic rings. The Labute approximate surface area is 207 Å². The van der Waals surface area contributed by atoms with E-state index in [2.05, 4.69) is 51.9 Å². The predicted octanol–water partition coefficient (Wildman–Crippen LogP) is 4.07. The van der Waals surface area contributed by atoms with Crippen LogP contribution in [0.5, 0.6) is 17.2 Å². The van der Waals surface area contributed by atoms with Crippen molar-refractivity contribution < 1.29 is 14.2 Å². The summed E-state index contributed by atoms with van der Waals surface area (Å²) in [6.45, 7) is 3.58. The van der Waals surface area contributed by atoms with Gasteiger partial charge in [0.15, 0.2) is 5.96 Å². The second-order valence-corrected chi connectivity index (χ2v) is 7.30. The van der Waals surface area contributed by atoms with Crippen molar-refractivity contribution in [2.24, 2.45) is 4.99 Å². The van der Waals surface area contributed by atoms with E-state index in [0.29, 0.717) is 12.3 Å². The summed E-state index contributed by atoms with van der Waals surface area (Å²) >= 11 is 0. The van der Waals surface area contributed by atoms with Crippen LogP contribution in [0.1, 0.15) is 16.7 Å². The molecule has 0 aliphatic carbocycles. The monoisotopic (exact) mass is 552 g/mol. The quantitative estimate of drug-likeness (QED) is 0.212. The molecule has 0 radical (unpaired) electrons. The Morgan fingerprint density at radius 1 is 0.938 bits per heavy atom. The molecule has 7 nitrogen and oxygen atoms in total. The molecule has 0 spiro atoms. The van der Waals surface area contributed by atoms with Crippen molar-refractivity contribution in [3.8, 4) is 17.2 Å². The molecule has 8 heteroatoms. The lowest BCUT2D eigenvalue weighted by Crippen LogP contribution is -2.39. The fourth-order valence-electron chi connectivity index (χ4n) is 3.67. The zero-order chi connectivity index (χ0) is 22.2. The average molecular weight is 552 g/mol. The number of fused-ring (bicyclic) bond motifs is 1. The third-order valence-corrected chi connectivity index (χ3v) is 5.32. The summed E-state index contributed by atoms with van der Waals surface area (Å²) in [6, 6.07) is 10.2. The Kier molecular flexibility index (Phi) is 9.96. The number of nitrogens with one attached hydrogen (secondary N) is 3. The molecule has 3 rings (SSSR count). The van der Waals surface area contributed by atoms with Crippen molar-refractivity contribution in [3.05, 3.63) is 53.2 Å². The minimum atomic E-state index is 0. The summed E-state index contributed by atoms with van der Waals surface area (Å²) in [7, 11) is 6.70. The minimum absolute atomic E-state index is 0. The first kappa shape index (κ1) is 25.6. The van der Waals surface area contributed by atoms with Gasteiger partial charge in [-0.15, -0.1) is 24.0 Å². The topological polar surface area (TPSA) is 79.9 Å². The molecule has 0 bridgehead atoms. The third-order valence-electron chi connectivity index (χ3n) is 5.32. The maximum Gasteiger partial charge on any atom is 0.190 e. The maximum absolute atomic E-state index is 5.53. The first-order valence-electron chi connectivity index (χ1n) is 10.4. The first-order chi connectivity index (χ1) is 15.1. The molecule has 2 aromatic carbocycles. The van der Waals surface area contributed by atoms with E-state index in [9.17, 15) is 0 Å². The largest absolute Gasteiger partial charge is 0.496 e. The number of methoxy groups -OCH3 is 3. The highest BCUT2D eigenvalue weighted by Gasteiger charge is 2.13. The van der Waals surface area contributed by atoms with Gasteiger partial charge in [0, 0.05) is 54.9 Å². The summed E-state index contributed by atoms with van der Waals surface area (Å²) in [5.41, 5.74) is 4.72. The summed E-state index contributed by atoms with van der Waals surface area (Å²) in [5.74, 6) is 2.96. The summed E-state index contributed by atoms with van der Waals surface area (Å²) in [6.07, 6.45) is 3.72. The van der Waals surface area contributed by atoms with E-state index in [1.165, 1.54) is 22.0 Å². The molecular weight excluding hydrogens is 519 g/mol. The van der Waals surface area contributed by atoms with Crippen LogP contribution in [-0.4, -0.2) is 52.4 Å². The number of halogens is 1. The second kappa shape index (κ2) is 12.4. The standard InChI is InChI=1S/C24H32N4O3.HI/c1-16-6-7-19-17(15-28-21(19)12-16)8-10-26-24(25-2)27-11-9-20-22(30-4)13-18(29-3)14-23(20)31-5;/h6-7,12-15,28H,8-11H2,1-5H3,(H2,25,26,27);1H. The Bertz CT molecular complexity index is 1020. The molecule has 1 heterocycles. The highest BCUT2D eigenvalue weighted by molar-refractivity contribution is 14.0. The van der Waals surface area contributed by atoms with Gasteiger partial charge >= 0.3 is 0 Å². The number of hydrogen-bond donors (Lipinski definition) is 3. The summed E-state index contributed by atoms with van der Waals surface area (Å²) < 4.78 is 16.4. The molecule has 3 N–H and O–H groups in total. The zero-order valence-corrected chi connectivity index (χ0v) is 21.7. The highest BCUT2D eigenvalue weighted by atomic mass is 127. The van der Waals surface area contributed by atoms with Crippen LogP contribution in [0.4, 0.5) is 0 Å². The maximum atomic E-state index is 5.53. The Hall–Kier alpha value is -2.62. The number of aryl methyl sites for hydroxylation is 1. The van der Waals surface area contributed by atoms with Gasteiger partial charge in [-0.2, -0.15) is 0 Å². The first-order valence-corrected chi connectivity index (χ1v) is 10.4. The Morgan fingerprint density at radius 2 is 1.59 bits per heavy atom. The van der Waals surface area contributed by atoms with Crippen molar-refractivity contribution in [1.29, 1.82) is 0 Å². The van der Waals surface area contributed by atoms with Crippen molar-refractivity contribution >= 4 is 40.8 Å². The lowest BCUT2D eigenvalue weighted by molar-refractivity contribution is 0.368. The predicted molar refractivity (Wildman–Crippen MR) is 141 cm³/mol. The van der Waals surface area contributed by atoms with E-state index in [4.69, 9.17) is 14.2 Å². The molecule has 0 fully saturated rings. The zero-order valence-electron chi connectivity index (χ0n) is 19.4. The van der Waals surface area contributed by atoms with E-state index >= 15 is 0 Å². The lowest BCUT2D eigenvalue weighted by Gasteiger charge is -2.16.